The van der Waals surface area contributed by atoms with Crippen LogP contribution in [0.25, 0.3) is 0 Å². The molecule has 0 spiro atoms. The standard InChI is InChI=1S/C21H20N4O2/c26-21(24-9-7-15-4-1-2-5-16(15)13-24)20-11-17-10-19(14-25(17)23-20)27-18-6-3-8-22-12-18/h1-6,8,11-12,19H,7,9-10,13-14H2/t19-/m0/s1. The van der Waals surface area contributed by atoms with Gasteiger partial charge in [0.15, 0.2) is 5.69 Å². The van der Waals surface area contributed by atoms with E-state index in [0.717, 1.165) is 30.8 Å². The summed E-state index contributed by atoms with van der Waals surface area (Å²) >= 11 is 0. The van der Waals surface area contributed by atoms with Gasteiger partial charge in [-0.1, -0.05) is 24.3 Å². The van der Waals surface area contributed by atoms with Gasteiger partial charge in [-0.25, -0.2) is 0 Å². The number of carbonyl (C=O) groups excluding carboxylic acids is 1. The summed E-state index contributed by atoms with van der Waals surface area (Å²) in [5, 5.41) is 4.54. The average Bonchev–Trinajstić information content (AvgIpc) is 3.26. The first-order valence-electron chi connectivity index (χ1n) is 9.26. The molecule has 0 unspecified atom stereocenters. The number of hydrogen-bond acceptors (Lipinski definition) is 4. The van der Waals surface area contributed by atoms with E-state index in [2.05, 4.69) is 28.3 Å². The number of aromatic nitrogens is 3. The van der Waals surface area contributed by atoms with Gasteiger partial charge in [-0.05, 0) is 35.7 Å². The number of hydrogen-bond donors (Lipinski definition) is 0. The van der Waals surface area contributed by atoms with Crippen molar-refractivity contribution in [2.45, 2.75) is 32.0 Å². The molecule has 0 N–H and O–H groups in total. The second kappa shape index (κ2) is 6.54. The van der Waals surface area contributed by atoms with Crippen molar-refractivity contribution >= 4 is 5.91 Å². The number of amides is 1. The second-order valence-electron chi connectivity index (χ2n) is 7.08. The van der Waals surface area contributed by atoms with Gasteiger partial charge in [0.25, 0.3) is 5.91 Å². The van der Waals surface area contributed by atoms with Crippen molar-refractivity contribution in [3.8, 4) is 5.75 Å². The Morgan fingerprint density at radius 1 is 1.15 bits per heavy atom. The Hall–Kier alpha value is -3.15. The number of rotatable bonds is 3. The van der Waals surface area contributed by atoms with Gasteiger partial charge in [0, 0.05) is 31.4 Å². The molecular weight excluding hydrogens is 340 g/mol. The van der Waals surface area contributed by atoms with Gasteiger partial charge in [0.2, 0.25) is 0 Å². The maximum absolute atomic E-state index is 12.9. The van der Waals surface area contributed by atoms with E-state index in [1.807, 2.05) is 33.8 Å². The first-order valence-corrected chi connectivity index (χ1v) is 9.26. The molecule has 0 radical (unpaired) electrons. The number of carbonyl (C=O) groups is 1. The topological polar surface area (TPSA) is 60.3 Å². The van der Waals surface area contributed by atoms with Crippen LogP contribution < -0.4 is 4.74 Å². The van der Waals surface area contributed by atoms with Gasteiger partial charge >= 0.3 is 0 Å². The quantitative estimate of drug-likeness (QED) is 0.720. The Morgan fingerprint density at radius 3 is 2.85 bits per heavy atom. The van der Waals surface area contributed by atoms with Gasteiger partial charge in [-0.3, -0.25) is 14.5 Å². The number of ether oxygens (including phenoxy) is 1. The van der Waals surface area contributed by atoms with E-state index in [9.17, 15) is 4.79 Å². The summed E-state index contributed by atoms with van der Waals surface area (Å²) in [6.45, 7) is 2.05. The number of pyridine rings is 1. The van der Waals surface area contributed by atoms with Gasteiger partial charge < -0.3 is 9.64 Å². The number of fused-ring (bicyclic) bond motifs is 2. The predicted molar refractivity (Wildman–Crippen MR) is 99.5 cm³/mol. The highest BCUT2D eigenvalue weighted by Crippen LogP contribution is 2.23. The molecule has 0 bridgehead atoms. The van der Waals surface area contributed by atoms with Crippen LogP contribution in [-0.4, -0.2) is 38.2 Å². The summed E-state index contributed by atoms with van der Waals surface area (Å²) in [5.74, 6) is 0.771. The normalized spacial score (nSPS) is 18.1. The fraction of sp³-hybridized carbons (Fsp3) is 0.286. The Bertz CT molecular complexity index is 959. The molecule has 6 heteroatoms. The second-order valence-corrected chi connectivity index (χ2v) is 7.08. The third-order valence-electron chi connectivity index (χ3n) is 5.25. The van der Waals surface area contributed by atoms with Gasteiger partial charge in [-0.15, -0.1) is 0 Å². The largest absolute Gasteiger partial charge is 0.486 e. The van der Waals surface area contributed by atoms with Crippen LogP contribution in [0, 0.1) is 0 Å². The minimum atomic E-state index is 0.0103. The van der Waals surface area contributed by atoms with Crippen LogP contribution in [0.5, 0.6) is 5.75 Å². The van der Waals surface area contributed by atoms with Crippen LogP contribution in [0.3, 0.4) is 0 Å². The van der Waals surface area contributed by atoms with E-state index in [0.29, 0.717) is 18.8 Å². The van der Waals surface area contributed by atoms with E-state index in [-0.39, 0.29) is 12.0 Å². The molecule has 0 aliphatic carbocycles. The van der Waals surface area contributed by atoms with Crippen molar-refractivity contribution < 1.29 is 9.53 Å². The van der Waals surface area contributed by atoms with E-state index in [1.54, 1.807) is 12.4 Å². The fourth-order valence-electron chi connectivity index (χ4n) is 3.89. The minimum Gasteiger partial charge on any atom is -0.486 e. The zero-order valence-electron chi connectivity index (χ0n) is 14.9. The molecule has 0 saturated carbocycles. The molecule has 0 saturated heterocycles. The highest BCUT2D eigenvalue weighted by Gasteiger charge is 2.29. The molecule has 6 nitrogen and oxygen atoms in total. The van der Waals surface area contributed by atoms with Crippen molar-refractivity contribution in [2.24, 2.45) is 0 Å². The molecule has 1 amide bonds. The molecule has 0 fully saturated rings. The Morgan fingerprint density at radius 2 is 2.04 bits per heavy atom. The van der Waals surface area contributed by atoms with Crippen LogP contribution in [0.1, 0.15) is 27.3 Å². The highest BCUT2D eigenvalue weighted by atomic mass is 16.5. The summed E-state index contributed by atoms with van der Waals surface area (Å²) < 4.78 is 7.85. The Balaban J connectivity index is 1.27. The molecule has 3 aromatic rings. The minimum absolute atomic E-state index is 0.0103. The van der Waals surface area contributed by atoms with E-state index < -0.39 is 0 Å². The average molecular weight is 360 g/mol. The van der Waals surface area contributed by atoms with Crippen molar-refractivity contribution in [2.75, 3.05) is 6.54 Å². The molecule has 1 atom stereocenters. The van der Waals surface area contributed by atoms with Crippen molar-refractivity contribution in [1.82, 2.24) is 19.7 Å². The zero-order valence-corrected chi connectivity index (χ0v) is 14.9. The zero-order chi connectivity index (χ0) is 18.2. The summed E-state index contributed by atoms with van der Waals surface area (Å²) in [4.78, 5) is 18.9. The van der Waals surface area contributed by atoms with Gasteiger partial charge in [0.05, 0.1) is 12.7 Å². The van der Waals surface area contributed by atoms with E-state index in [4.69, 9.17) is 4.74 Å². The lowest BCUT2D eigenvalue weighted by molar-refractivity contribution is 0.0727. The first-order chi connectivity index (χ1) is 13.3. The van der Waals surface area contributed by atoms with Crippen LogP contribution >= 0.6 is 0 Å². The molecule has 136 valence electrons. The van der Waals surface area contributed by atoms with Crippen LogP contribution in [-0.2, 0) is 25.9 Å². The Kier molecular flexibility index (Phi) is 3.89. The molecule has 2 aliphatic rings. The molecule has 2 aliphatic heterocycles. The van der Waals surface area contributed by atoms with Crippen molar-refractivity contribution in [3.05, 3.63) is 77.4 Å². The van der Waals surface area contributed by atoms with Crippen molar-refractivity contribution in [3.63, 3.8) is 0 Å². The lowest BCUT2D eigenvalue weighted by Crippen LogP contribution is -2.36. The van der Waals surface area contributed by atoms with Crippen LogP contribution in [0.4, 0.5) is 0 Å². The summed E-state index contributed by atoms with van der Waals surface area (Å²) in [6.07, 6.45) is 5.12. The maximum atomic E-state index is 12.9. The lowest BCUT2D eigenvalue weighted by Gasteiger charge is -2.28. The smallest absolute Gasteiger partial charge is 0.274 e. The number of nitrogens with zero attached hydrogens (tertiary/aromatic N) is 4. The monoisotopic (exact) mass is 360 g/mol. The molecular formula is C21H20N4O2. The van der Waals surface area contributed by atoms with E-state index in [1.165, 1.54) is 11.1 Å². The number of benzene rings is 1. The van der Waals surface area contributed by atoms with Gasteiger partial charge in [-0.2, -0.15) is 5.10 Å². The SMILES string of the molecule is O=C(c1cc2n(n1)C[C@@H](Oc1cccnc1)C2)N1CCc2ccccc2C1. The third kappa shape index (κ3) is 3.07. The Labute approximate surface area is 157 Å². The van der Waals surface area contributed by atoms with Crippen LogP contribution in [0.2, 0.25) is 0 Å². The van der Waals surface area contributed by atoms with Crippen molar-refractivity contribution in [1.29, 1.82) is 0 Å². The summed E-state index contributed by atoms with van der Waals surface area (Å²) in [7, 11) is 0. The summed E-state index contributed by atoms with van der Waals surface area (Å²) in [6, 6.07) is 14.0. The summed E-state index contributed by atoms with van der Waals surface area (Å²) in [5.41, 5.74) is 4.15. The molecule has 2 aromatic heterocycles. The predicted octanol–water partition coefficient (Wildman–Crippen LogP) is 2.48. The van der Waals surface area contributed by atoms with Gasteiger partial charge in [0.1, 0.15) is 11.9 Å². The third-order valence-corrected chi connectivity index (χ3v) is 5.25. The van der Waals surface area contributed by atoms with Crippen LogP contribution in [0.15, 0.2) is 54.9 Å². The first kappa shape index (κ1) is 16.1. The molecule has 4 heterocycles. The molecule has 5 rings (SSSR count). The fourth-order valence-corrected chi connectivity index (χ4v) is 3.89. The highest BCUT2D eigenvalue weighted by molar-refractivity contribution is 5.92. The molecule has 1 aromatic carbocycles. The molecule has 27 heavy (non-hydrogen) atoms. The lowest BCUT2D eigenvalue weighted by atomic mass is 10.00. The maximum Gasteiger partial charge on any atom is 0.274 e. The van der Waals surface area contributed by atoms with E-state index >= 15 is 0 Å².